The van der Waals surface area contributed by atoms with Gasteiger partial charge in [-0.05, 0) is 36.4 Å². The van der Waals surface area contributed by atoms with E-state index in [2.05, 4.69) is 102 Å². The van der Waals surface area contributed by atoms with Gasteiger partial charge in [0.15, 0.2) is 0 Å². The summed E-state index contributed by atoms with van der Waals surface area (Å²) >= 11 is 3.58. The average molecular weight is 525 g/mol. The van der Waals surface area contributed by atoms with Gasteiger partial charge < -0.3 is 0 Å². The Morgan fingerprint density at radius 1 is 0.526 bits per heavy atom. The number of benzene rings is 3. The van der Waals surface area contributed by atoms with Crippen LogP contribution in [0.5, 0.6) is 0 Å². The van der Waals surface area contributed by atoms with E-state index in [0.29, 0.717) is 0 Å². The van der Waals surface area contributed by atoms with Crippen molar-refractivity contribution in [2.75, 3.05) is 0 Å². The summed E-state index contributed by atoms with van der Waals surface area (Å²) in [5.74, 6) is 0. The van der Waals surface area contributed by atoms with E-state index in [1.54, 1.807) is 35.3 Å². The van der Waals surface area contributed by atoms with Crippen LogP contribution in [-0.4, -0.2) is 29.1 Å². The van der Waals surface area contributed by atoms with Gasteiger partial charge in [-0.15, -0.1) is 22.7 Å². The van der Waals surface area contributed by atoms with Crippen LogP contribution in [0.2, 0.25) is 0 Å². The van der Waals surface area contributed by atoms with E-state index in [1.807, 2.05) is 12.4 Å². The van der Waals surface area contributed by atoms with E-state index in [9.17, 15) is 0 Å². The molecule has 178 valence electrons. The number of nitrogens with zero attached hydrogens (tertiary/aromatic N) is 6. The molecule has 0 amide bonds. The van der Waals surface area contributed by atoms with Crippen LogP contribution < -0.4 is 0 Å². The second-order valence-electron chi connectivity index (χ2n) is 9.26. The Bertz CT molecular complexity index is 2190. The maximum Gasteiger partial charge on any atom is 0.116 e. The van der Waals surface area contributed by atoms with Crippen molar-refractivity contribution < 1.29 is 0 Å². The van der Waals surface area contributed by atoms with E-state index in [-0.39, 0.29) is 0 Å². The summed E-state index contributed by atoms with van der Waals surface area (Å²) in [6, 6.07) is 25.8. The fourth-order valence-corrected chi connectivity index (χ4v) is 8.15. The van der Waals surface area contributed by atoms with Gasteiger partial charge in [-0.2, -0.15) is 0 Å². The molecule has 3 aromatic carbocycles. The maximum absolute atomic E-state index is 4.68. The SMILES string of the molecule is c1ccc2c(c1)sc1c2c2ncncc2n1-c1ccc(-n2c3cncnc3c3c4ccccc4sc32)cc1. The number of thiophene rings is 2. The zero-order valence-corrected chi connectivity index (χ0v) is 21.4. The Balaban J connectivity index is 1.30. The molecule has 0 fully saturated rings. The first-order valence-corrected chi connectivity index (χ1v) is 13.8. The van der Waals surface area contributed by atoms with E-state index in [1.165, 1.54) is 40.6 Å². The molecule has 6 heterocycles. The van der Waals surface area contributed by atoms with Crippen molar-refractivity contribution in [3.8, 4) is 11.4 Å². The minimum absolute atomic E-state index is 0.983. The minimum Gasteiger partial charge on any atom is -0.298 e. The third kappa shape index (κ3) is 2.60. The summed E-state index contributed by atoms with van der Waals surface area (Å²) in [4.78, 5) is 20.4. The summed E-state index contributed by atoms with van der Waals surface area (Å²) in [7, 11) is 0. The van der Waals surface area contributed by atoms with Gasteiger partial charge in [0.25, 0.3) is 0 Å². The van der Waals surface area contributed by atoms with E-state index < -0.39 is 0 Å². The van der Waals surface area contributed by atoms with Crippen LogP contribution >= 0.6 is 22.7 Å². The molecule has 0 unspecified atom stereocenters. The van der Waals surface area contributed by atoms with Crippen molar-refractivity contribution >= 4 is 85.3 Å². The van der Waals surface area contributed by atoms with Crippen LogP contribution in [0.15, 0.2) is 97.8 Å². The zero-order chi connectivity index (χ0) is 24.8. The molecule has 38 heavy (non-hydrogen) atoms. The predicted molar refractivity (Wildman–Crippen MR) is 157 cm³/mol. The molecule has 0 saturated heterocycles. The van der Waals surface area contributed by atoms with Crippen LogP contribution in [0.3, 0.4) is 0 Å². The molecule has 0 aliphatic rings. The highest BCUT2D eigenvalue weighted by Gasteiger charge is 2.20. The standard InChI is InChI=1S/C30H16N6S2/c1-3-7-23-19(5-1)25-27-21(13-31-15-33-27)35(29(25)37-23)17-9-11-18(12-10-17)36-22-14-32-16-34-28(22)26-20-6-2-4-8-24(20)38-30(26)36/h1-16H. The van der Waals surface area contributed by atoms with Gasteiger partial charge in [0.2, 0.25) is 0 Å². The molecule has 9 rings (SSSR count). The number of hydrogen-bond acceptors (Lipinski definition) is 6. The van der Waals surface area contributed by atoms with Crippen LogP contribution in [0.4, 0.5) is 0 Å². The van der Waals surface area contributed by atoms with Crippen LogP contribution in [0, 0.1) is 0 Å². The van der Waals surface area contributed by atoms with Gasteiger partial charge in [0.05, 0.1) is 23.4 Å². The lowest BCUT2D eigenvalue weighted by atomic mass is 10.2. The van der Waals surface area contributed by atoms with Gasteiger partial charge in [-0.1, -0.05) is 36.4 Å². The highest BCUT2D eigenvalue weighted by Crippen LogP contribution is 2.43. The average Bonchev–Trinajstić information content (AvgIpc) is 3.69. The molecule has 0 aliphatic heterocycles. The van der Waals surface area contributed by atoms with Crippen molar-refractivity contribution in [3.05, 3.63) is 97.8 Å². The van der Waals surface area contributed by atoms with Gasteiger partial charge in [-0.25, -0.2) is 19.9 Å². The lowest BCUT2D eigenvalue weighted by Gasteiger charge is -2.10. The largest absolute Gasteiger partial charge is 0.298 e. The van der Waals surface area contributed by atoms with Crippen LogP contribution in [0.1, 0.15) is 0 Å². The normalized spacial score (nSPS) is 12.2. The molecule has 0 aliphatic carbocycles. The minimum atomic E-state index is 0.983. The molecule has 6 aromatic heterocycles. The molecule has 0 atom stereocenters. The third-order valence-corrected chi connectivity index (χ3v) is 9.58. The highest BCUT2D eigenvalue weighted by atomic mass is 32.1. The summed E-state index contributed by atoms with van der Waals surface area (Å²) in [6.45, 7) is 0. The summed E-state index contributed by atoms with van der Waals surface area (Å²) in [5, 5.41) is 4.84. The molecule has 0 spiro atoms. The molecular weight excluding hydrogens is 509 g/mol. The molecule has 0 saturated carbocycles. The van der Waals surface area contributed by atoms with E-state index in [4.69, 9.17) is 0 Å². The number of aromatic nitrogens is 6. The molecule has 0 bridgehead atoms. The maximum atomic E-state index is 4.68. The second-order valence-corrected chi connectivity index (χ2v) is 11.3. The van der Waals surface area contributed by atoms with Crippen molar-refractivity contribution in [1.82, 2.24) is 29.1 Å². The smallest absolute Gasteiger partial charge is 0.116 e. The van der Waals surface area contributed by atoms with E-state index >= 15 is 0 Å². The van der Waals surface area contributed by atoms with Crippen LogP contribution in [0.25, 0.3) is 74.0 Å². The predicted octanol–water partition coefficient (Wildman–Crippen LogP) is 7.89. The molecule has 0 N–H and O–H groups in total. The lowest BCUT2D eigenvalue weighted by Crippen LogP contribution is -1.97. The Morgan fingerprint density at radius 2 is 0.974 bits per heavy atom. The monoisotopic (exact) mass is 524 g/mol. The van der Waals surface area contributed by atoms with Gasteiger partial charge in [0, 0.05) is 42.3 Å². The highest BCUT2D eigenvalue weighted by molar-refractivity contribution is 7.26. The lowest BCUT2D eigenvalue weighted by molar-refractivity contribution is 1.13. The van der Waals surface area contributed by atoms with Crippen molar-refractivity contribution in [2.45, 2.75) is 0 Å². The number of hydrogen-bond donors (Lipinski definition) is 0. The fourth-order valence-electron chi connectivity index (χ4n) is 5.68. The molecular formula is C30H16N6S2. The quantitative estimate of drug-likeness (QED) is 0.231. The van der Waals surface area contributed by atoms with Crippen molar-refractivity contribution in [3.63, 3.8) is 0 Å². The van der Waals surface area contributed by atoms with Gasteiger partial charge >= 0.3 is 0 Å². The Kier molecular flexibility index (Phi) is 3.99. The Hall–Kier alpha value is -4.66. The first kappa shape index (κ1) is 20.4. The third-order valence-electron chi connectivity index (χ3n) is 7.27. The van der Waals surface area contributed by atoms with Crippen molar-refractivity contribution in [1.29, 1.82) is 0 Å². The van der Waals surface area contributed by atoms with Crippen molar-refractivity contribution in [2.24, 2.45) is 0 Å². The summed E-state index contributed by atoms with van der Waals surface area (Å²) < 4.78 is 7.08. The molecule has 6 nitrogen and oxygen atoms in total. The molecule has 8 heteroatoms. The number of fused-ring (bicyclic) bond motifs is 10. The van der Waals surface area contributed by atoms with Gasteiger partial charge in [-0.3, -0.25) is 9.13 Å². The first-order chi connectivity index (χ1) is 18.9. The first-order valence-electron chi connectivity index (χ1n) is 12.2. The topological polar surface area (TPSA) is 61.4 Å². The molecule has 0 radical (unpaired) electrons. The molecule has 9 aromatic rings. The Labute approximate surface area is 223 Å². The fraction of sp³-hybridized carbons (Fsp3) is 0. The second kappa shape index (κ2) is 7.44. The van der Waals surface area contributed by atoms with Crippen LogP contribution in [-0.2, 0) is 0 Å². The Morgan fingerprint density at radius 3 is 1.45 bits per heavy atom. The number of rotatable bonds is 2. The van der Waals surface area contributed by atoms with Gasteiger partial charge in [0.1, 0.15) is 33.3 Å². The summed E-state index contributed by atoms with van der Waals surface area (Å²) in [5.41, 5.74) is 6.15. The zero-order valence-electron chi connectivity index (χ0n) is 19.7. The van der Waals surface area contributed by atoms with E-state index in [0.717, 1.165) is 33.4 Å². The summed E-state index contributed by atoms with van der Waals surface area (Å²) in [6.07, 6.45) is 7.10.